The monoisotopic (exact) mass is 463 g/mol. The number of benzene rings is 2. The Kier molecular flexibility index (Phi) is 8.16. The van der Waals surface area contributed by atoms with Crippen molar-refractivity contribution in [3.8, 4) is 0 Å². The third-order valence-corrected chi connectivity index (χ3v) is 4.82. The Morgan fingerprint density at radius 3 is 1.87 bits per heavy atom. The van der Waals surface area contributed by atoms with E-state index < -0.39 is 35.0 Å². The molecule has 0 saturated heterocycles. The van der Waals surface area contributed by atoms with E-state index in [9.17, 15) is 35.9 Å². The van der Waals surface area contributed by atoms with Gasteiger partial charge < -0.3 is 4.90 Å². The van der Waals surface area contributed by atoms with Crippen LogP contribution < -0.4 is 0 Å². The highest BCUT2D eigenvalue weighted by Crippen LogP contribution is 2.36. The van der Waals surface area contributed by atoms with E-state index in [-0.39, 0.29) is 37.1 Å². The van der Waals surface area contributed by atoms with Gasteiger partial charge in [0.05, 0.1) is 11.1 Å². The summed E-state index contributed by atoms with van der Waals surface area (Å²) in [5.74, 6) is -1.41. The fourth-order valence-electron chi connectivity index (χ4n) is 2.82. The van der Waals surface area contributed by atoms with Crippen molar-refractivity contribution in [2.75, 3.05) is 18.8 Å². The van der Waals surface area contributed by atoms with Crippen molar-refractivity contribution in [2.45, 2.75) is 25.2 Å². The van der Waals surface area contributed by atoms with E-state index in [2.05, 4.69) is 12.6 Å². The van der Waals surface area contributed by atoms with Crippen molar-refractivity contribution in [1.29, 1.82) is 0 Å². The molecule has 0 heterocycles. The first-order valence-electron chi connectivity index (χ1n) is 9.17. The van der Waals surface area contributed by atoms with Crippen LogP contribution in [0.1, 0.15) is 33.5 Å². The fourth-order valence-corrected chi connectivity index (χ4v) is 2.98. The number of Topliss-reactive ketones (excluding diaryl/α,β-unsaturated/α-hetero) is 1. The first-order chi connectivity index (χ1) is 14.4. The lowest BCUT2D eigenvalue weighted by molar-refractivity contribution is -0.143. The van der Waals surface area contributed by atoms with Gasteiger partial charge in [-0.15, -0.1) is 0 Å². The highest BCUT2D eigenvalue weighted by Gasteiger charge is 2.38. The second-order valence-electron chi connectivity index (χ2n) is 6.77. The number of carbonyl (C=O) groups excluding carboxylic acids is 2. The number of amides is 1. The smallest absolute Gasteiger partial charge is 0.338 e. The minimum absolute atomic E-state index is 0.0142. The number of thiol groups is 1. The molecule has 2 aromatic rings. The third kappa shape index (κ3) is 7.30. The molecule has 0 aliphatic heterocycles. The lowest BCUT2D eigenvalue weighted by atomic mass is 10.0. The molecule has 31 heavy (non-hydrogen) atoms. The van der Waals surface area contributed by atoms with E-state index in [1.165, 1.54) is 0 Å². The van der Waals surface area contributed by atoms with Crippen molar-refractivity contribution < 1.29 is 35.9 Å². The third-order valence-electron chi connectivity index (χ3n) is 4.47. The van der Waals surface area contributed by atoms with Crippen molar-refractivity contribution >= 4 is 24.3 Å². The summed E-state index contributed by atoms with van der Waals surface area (Å²) in [6.45, 7) is -0.136. The van der Waals surface area contributed by atoms with E-state index in [4.69, 9.17) is 0 Å². The Hall–Kier alpha value is -2.49. The maximum atomic E-state index is 13.1. The molecular formula is C21H19F6NO2S. The first kappa shape index (κ1) is 24.8. The van der Waals surface area contributed by atoms with Gasteiger partial charge in [0.15, 0.2) is 0 Å². The molecule has 0 aromatic heterocycles. The Bertz CT molecular complexity index is 880. The second-order valence-corrected chi connectivity index (χ2v) is 7.09. The van der Waals surface area contributed by atoms with Gasteiger partial charge >= 0.3 is 12.4 Å². The van der Waals surface area contributed by atoms with Crippen molar-refractivity contribution in [3.05, 3.63) is 70.8 Å². The van der Waals surface area contributed by atoms with Crippen LogP contribution in [0.5, 0.6) is 0 Å². The number of ketones is 1. The van der Waals surface area contributed by atoms with Gasteiger partial charge in [-0.2, -0.15) is 39.0 Å². The van der Waals surface area contributed by atoms with Gasteiger partial charge in [-0.3, -0.25) is 9.59 Å². The zero-order valence-corrected chi connectivity index (χ0v) is 17.0. The Morgan fingerprint density at radius 2 is 1.39 bits per heavy atom. The van der Waals surface area contributed by atoms with Crippen molar-refractivity contribution in [3.63, 3.8) is 0 Å². The number of alkyl halides is 6. The highest BCUT2D eigenvalue weighted by atomic mass is 32.1. The van der Waals surface area contributed by atoms with Gasteiger partial charge in [0.1, 0.15) is 5.78 Å². The summed E-state index contributed by atoms with van der Waals surface area (Å²) in [4.78, 5) is 25.6. The quantitative estimate of drug-likeness (QED) is 0.426. The number of nitrogens with zero attached hydrogens (tertiary/aromatic N) is 1. The molecule has 2 rings (SSSR count). The molecule has 10 heteroatoms. The molecule has 0 aliphatic rings. The van der Waals surface area contributed by atoms with Crippen LogP contribution in [0.4, 0.5) is 26.3 Å². The Balaban J connectivity index is 2.37. The van der Waals surface area contributed by atoms with Gasteiger partial charge in [0.2, 0.25) is 0 Å². The highest BCUT2D eigenvalue weighted by molar-refractivity contribution is 7.81. The topological polar surface area (TPSA) is 37.4 Å². The molecule has 0 unspecified atom stereocenters. The lowest BCUT2D eigenvalue weighted by Gasteiger charge is -2.24. The van der Waals surface area contributed by atoms with Crippen LogP contribution in [0.2, 0.25) is 0 Å². The number of rotatable bonds is 8. The average Bonchev–Trinajstić information content (AvgIpc) is 2.72. The number of halogens is 6. The first-order valence-corrected chi connectivity index (χ1v) is 9.80. The van der Waals surface area contributed by atoms with E-state index in [1.807, 2.05) is 0 Å². The molecule has 1 amide bonds. The molecule has 0 radical (unpaired) electrons. The van der Waals surface area contributed by atoms with Crippen LogP contribution in [-0.2, 0) is 23.6 Å². The predicted molar refractivity (Wildman–Crippen MR) is 106 cm³/mol. The summed E-state index contributed by atoms with van der Waals surface area (Å²) in [5.41, 5.74) is -3.06. The van der Waals surface area contributed by atoms with E-state index in [1.54, 1.807) is 30.3 Å². The summed E-state index contributed by atoms with van der Waals surface area (Å²) in [6.07, 6.45) is -9.93. The van der Waals surface area contributed by atoms with Crippen LogP contribution in [0, 0.1) is 0 Å². The van der Waals surface area contributed by atoms with E-state index in [0.717, 1.165) is 10.5 Å². The maximum absolute atomic E-state index is 13.1. The summed E-state index contributed by atoms with van der Waals surface area (Å²) in [5, 5.41) is 0. The molecule has 0 N–H and O–H groups in total. The molecule has 3 nitrogen and oxygen atoms in total. The van der Waals surface area contributed by atoms with Gasteiger partial charge in [-0.1, -0.05) is 30.3 Å². The second kappa shape index (κ2) is 10.2. The summed E-state index contributed by atoms with van der Waals surface area (Å²) >= 11 is 3.84. The molecule has 0 saturated carbocycles. The number of carbonyl (C=O) groups is 2. The SMILES string of the molecule is O=C(CS)CCN(CCc1ccccc1)C(=O)c1cc(C(F)(F)F)cc(C(F)(F)F)c1. The molecule has 0 bridgehead atoms. The van der Waals surface area contributed by atoms with Crippen LogP contribution in [0.15, 0.2) is 48.5 Å². The molecular weight excluding hydrogens is 444 g/mol. The summed E-state index contributed by atoms with van der Waals surface area (Å²) < 4.78 is 78.7. The Morgan fingerprint density at radius 1 is 0.839 bits per heavy atom. The predicted octanol–water partition coefficient (Wildman–Crippen LogP) is 5.30. The van der Waals surface area contributed by atoms with Crippen LogP contribution in [0.3, 0.4) is 0 Å². The van der Waals surface area contributed by atoms with Gasteiger partial charge in [0, 0.05) is 30.8 Å². The van der Waals surface area contributed by atoms with Gasteiger partial charge in [-0.05, 0) is 30.2 Å². The molecule has 0 spiro atoms. The minimum Gasteiger partial charge on any atom is -0.338 e. The number of hydrogen-bond donors (Lipinski definition) is 1. The standard InChI is InChI=1S/C21H19F6NO2S/c22-20(23,24)16-10-15(11-17(12-16)21(25,26)27)19(30)28(9-7-18(29)13-31)8-6-14-4-2-1-3-5-14/h1-5,10-12,31H,6-9,13H2. The fraction of sp³-hybridized carbons (Fsp3) is 0.333. The van der Waals surface area contributed by atoms with Gasteiger partial charge in [0.25, 0.3) is 5.91 Å². The Labute approximate surface area is 180 Å². The van der Waals surface area contributed by atoms with E-state index >= 15 is 0 Å². The normalized spacial score (nSPS) is 12.0. The molecule has 0 fully saturated rings. The molecule has 0 aliphatic carbocycles. The lowest BCUT2D eigenvalue weighted by Crippen LogP contribution is -2.35. The van der Waals surface area contributed by atoms with Crippen LogP contribution >= 0.6 is 12.6 Å². The summed E-state index contributed by atoms with van der Waals surface area (Å²) in [6, 6.07) is 9.60. The van der Waals surface area contributed by atoms with Crippen LogP contribution in [-0.4, -0.2) is 35.4 Å². The zero-order valence-electron chi connectivity index (χ0n) is 16.1. The zero-order chi connectivity index (χ0) is 23.2. The van der Waals surface area contributed by atoms with E-state index in [0.29, 0.717) is 18.6 Å². The number of hydrogen-bond acceptors (Lipinski definition) is 3. The minimum atomic E-state index is -5.06. The maximum Gasteiger partial charge on any atom is 0.416 e. The summed E-state index contributed by atoms with van der Waals surface area (Å²) in [7, 11) is 0. The molecule has 168 valence electrons. The largest absolute Gasteiger partial charge is 0.416 e. The molecule has 2 aromatic carbocycles. The van der Waals surface area contributed by atoms with Crippen molar-refractivity contribution in [1.82, 2.24) is 4.90 Å². The van der Waals surface area contributed by atoms with Crippen molar-refractivity contribution in [2.24, 2.45) is 0 Å². The van der Waals surface area contributed by atoms with Gasteiger partial charge in [-0.25, -0.2) is 0 Å². The van der Waals surface area contributed by atoms with Crippen LogP contribution in [0.25, 0.3) is 0 Å². The average molecular weight is 463 g/mol. The molecule has 0 atom stereocenters.